The van der Waals surface area contributed by atoms with Crippen LogP contribution in [0, 0.1) is 0 Å². The Labute approximate surface area is 134 Å². The van der Waals surface area contributed by atoms with Crippen LogP contribution in [0.3, 0.4) is 0 Å². The van der Waals surface area contributed by atoms with E-state index in [1.807, 2.05) is 6.92 Å². The second-order valence-corrected chi connectivity index (χ2v) is 8.50. The van der Waals surface area contributed by atoms with E-state index >= 15 is 0 Å². The fraction of sp³-hybridized carbons (Fsp3) is 0.933. The number of aliphatic imine (C=N–C) groups is 1. The number of hydrogen-bond acceptors (Lipinski definition) is 4. The Morgan fingerprint density at radius 3 is 2.59 bits per heavy atom. The molecule has 6 nitrogen and oxygen atoms in total. The molecule has 2 saturated heterocycles. The SMILES string of the molecule is CCNC(=NCC(CC)N1CCCC1)NC1CCS(=O)(=O)C1. The van der Waals surface area contributed by atoms with Gasteiger partial charge in [0.25, 0.3) is 0 Å². The maximum absolute atomic E-state index is 11.6. The molecule has 0 bridgehead atoms. The van der Waals surface area contributed by atoms with Gasteiger partial charge >= 0.3 is 0 Å². The first-order valence-electron chi connectivity index (χ1n) is 8.53. The van der Waals surface area contributed by atoms with Crippen LogP contribution in [-0.4, -0.2) is 69.0 Å². The Morgan fingerprint density at radius 1 is 1.32 bits per heavy atom. The van der Waals surface area contributed by atoms with Gasteiger partial charge in [0.1, 0.15) is 0 Å². The van der Waals surface area contributed by atoms with Crippen LogP contribution in [0.15, 0.2) is 4.99 Å². The van der Waals surface area contributed by atoms with Gasteiger partial charge in [-0.05, 0) is 45.7 Å². The molecule has 2 atom stereocenters. The molecule has 2 fully saturated rings. The minimum atomic E-state index is -2.86. The van der Waals surface area contributed by atoms with Crippen molar-refractivity contribution in [2.75, 3.05) is 37.7 Å². The van der Waals surface area contributed by atoms with Crippen LogP contribution in [0.25, 0.3) is 0 Å². The average Bonchev–Trinajstić information content (AvgIpc) is 3.10. The predicted octanol–water partition coefficient (Wildman–Crippen LogP) is 0.603. The minimum Gasteiger partial charge on any atom is -0.357 e. The molecule has 0 radical (unpaired) electrons. The van der Waals surface area contributed by atoms with Gasteiger partial charge in [0.05, 0.1) is 18.1 Å². The lowest BCUT2D eigenvalue weighted by Gasteiger charge is -2.25. The molecule has 0 saturated carbocycles. The summed E-state index contributed by atoms with van der Waals surface area (Å²) in [7, 11) is -2.86. The van der Waals surface area contributed by atoms with Crippen molar-refractivity contribution in [3.63, 3.8) is 0 Å². The second-order valence-electron chi connectivity index (χ2n) is 6.27. The fourth-order valence-electron chi connectivity index (χ4n) is 3.23. The third-order valence-corrected chi connectivity index (χ3v) is 6.27. The molecular formula is C15H30N4O2S. The van der Waals surface area contributed by atoms with Gasteiger partial charge < -0.3 is 10.6 Å². The van der Waals surface area contributed by atoms with Crippen molar-refractivity contribution >= 4 is 15.8 Å². The van der Waals surface area contributed by atoms with Gasteiger partial charge in [-0.25, -0.2) is 8.42 Å². The summed E-state index contributed by atoms with van der Waals surface area (Å²) in [6.45, 7) is 8.15. The number of guanidine groups is 1. The van der Waals surface area contributed by atoms with Crippen LogP contribution in [-0.2, 0) is 9.84 Å². The van der Waals surface area contributed by atoms with Gasteiger partial charge in [-0.2, -0.15) is 0 Å². The molecular weight excluding hydrogens is 300 g/mol. The number of sulfone groups is 1. The first kappa shape index (κ1) is 17.5. The van der Waals surface area contributed by atoms with Gasteiger partial charge in [-0.3, -0.25) is 9.89 Å². The summed E-state index contributed by atoms with van der Waals surface area (Å²) in [6.07, 6.45) is 4.35. The predicted molar refractivity (Wildman–Crippen MR) is 91.1 cm³/mol. The number of rotatable bonds is 6. The summed E-state index contributed by atoms with van der Waals surface area (Å²) < 4.78 is 23.1. The Morgan fingerprint density at radius 2 is 2.05 bits per heavy atom. The zero-order valence-corrected chi connectivity index (χ0v) is 14.7. The lowest BCUT2D eigenvalue weighted by atomic mass is 10.2. The Kier molecular flexibility index (Phi) is 6.50. The standard InChI is InChI=1S/C15H30N4O2S/c1-3-14(19-8-5-6-9-19)11-17-15(16-4-2)18-13-7-10-22(20,21)12-13/h13-14H,3-12H2,1-2H3,(H2,16,17,18). The number of nitrogens with zero attached hydrogens (tertiary/aromatic N) is 2. The number of nitrogens with one attached hydrogen (secondary N) is 2. The molecule has 7 heteroatoms. The molecule has 2 heterocycles. The van der Waals surface area contributed by atoms with E-state index < -0.39 is 9.84 Å². The van der Waals surface area contributed by atoms with Crippen LogP contribution in [0.5, 0.6) is 0 Å². The van der Waals surface area contributed by atoms with Gasteiger partial charge in [-0.1, -0.05) is 6.92 Å². The van der Waals surface area contributed by atoms with E-state index in [0.717, 1.165) is 25.5 Å². The number of hydrogen-bond donors (Lipinski definition) is 2. The van der Waals surface area contributed by atoms with Crippen molar-refractivity contribution in [2.45, 2.75) is 51.6 Å². The second kappa shape index (κ2) is 8.15. The molecule has 0 amide bonds. The quantitative estimate of drug-likeness (QED) is 0.551. The monoisotopic (exact) mass is 330 g/mol. The van der Waals surface area contributed by atoms with E-state index in [1.165, 1.54) is 25.9 Å². The Hall–Kier alpha value is -0.820. The highest BCUT2D eigenvalue weighted by Crippen LogP contribution is 2.14. The van der Waals surface area contributed by atoms with E-state index in [1.54, 1.807) is 0 Å². The van der Waals surface area contributed by atoms with Crippen molar-refractivity contribution in [3.05, 3.63) is 0 Å². The number of likely N-dealkylation sites (tertiary alicyclic amines) is 1. The first-order valence-corrected chi connectivity index (χ1v) is 10.4. The molecule has 0 aromatic rings. The average molecular weight is 330 g/mol. The largest absolute Gasteiger partial charge is 0.357 e. The molecule has 0 spiro atoms. The van der Waals surface area contributed by atoms with E-state index in [-0.39, 0.29) is 17.5 Å². The van der Waals surface area contributed by atoms with Crippen LogP contribution >= 0.6 is 0 Å². The summed E-state index contributed by atoms with van der Waals surface area (Å²) in [4.78, 5) is 7.22. The summed E-state index contributed by atoms with van der Waals surface area (Å²) in [5, 5.41) is 6.52. The summed E-state index contributed by atoms with van der Waals surface area (Å²) in [5.74, 6) is 1.26. The maximum atomic E-state index is 11.6. The normalized spacial score (nSPS) is 27.0. The van der Waals surface area contributed by atoms with Crippen molar-refractivity contribution in [3.8, 4) is 0 Å². The molecule has 22 heavy (non-hydrogen) atoms. The first-order chi connectivity index (χ1) is 10.5. The molecule has 0 aliphatic carbocycles. The summed E-state index contributed by atoms with van der Waals surface area (Å²) in [5.41, 5.74) is 0. The highest BCUT2D eigenvalue weighted by atomic mass is 32.2. The van der Waals surface area contributed by atoms with Crippen molar-refractivity contribution in [2.24, 2.45) is 4.99 Å². The van der Waals surface area contributed by atoms with Gasteiger partial charge in [0.2, 0.25) is 0 Å². The fourth-order valence-corrected chi connectivity index (χ4v) is 4.90. The lowest BCUT2D eigenvalue weighted by molar-refractivity contribution is 0.242. The van der Waals surface area contributed by atoms with Crippen LogP contribution in [0.2, 0.25) is 0 Å². The van der Waals surface area contributed by atoms with Crippen LogP contribution in [0.1, 0.15) is 39.5 Å². The zero-order valence-electron chi connectivity index (χ0n) is 13.8. The van der Waals surface area contributed by atoms with E-state index in [0.29, 0.717) is 12.5 Å². The Balaban J connectivity index is 1.91. The van der Waals surface area contributed by atoms with E-state index in [4.69, 9.17) is 4.99 Å². The molecule has 2 unspecified atom stereocenters. The summed E-state index contributed by atoms with van der Waals surface area (Å²) in [6, 6.07) is 0.486. The lowest BCUT2D eigenvalue weighted by Crippen LogP contribution is -2.45. The molecule has 2 aliphatic heterocycles. The third-order valence-electron chi connectivity index (χ3n) is 4.51. The Bertz CT molecular complexity index is 472. The highest BCUT2D eigenvalue weighted by Gasteiger charge is 2.28. The molecule has 2 rings (SSSR count). The molecule has 0 aromatic heterocycles. The topological polar surface area (TPSA) is 73.8 Å². The van der Waals surface area contributed by atoms with Crippen LogP contribution in [0.4, 0.5) is 0 Å². The van der Waals surface area contributed by atoms with Crippen molar-refractivity contribution < 1.29 is 8.42 Å². The zero-order chi connectivity index (χ0) is 16.0. The molecule has 0 aromatic carbocycles. The molecule has 128 valence electrons. The van der Waals surface area contributed by atoms with Crippen molar-refractivity contribution in [1.82, 2.24) is 15.5 Å². The van der Waals surface area contributed by atoms with Crippen molar-refractivity contribution in [1.29, 1.82) is 0 Å². The smallest absolute Gasteiger partial charge is 0.191 e. The van der Waals surface area contributed by atoms with E-state index in [9.17, 15) is 8.42 Å². The molecule has 2 N–H and O–H groups in total. The highest BCUT2D eigenvalue weighted by molar-refractivity contribution is 7.91. The van der Waals surface area contributed by atoms with Gasteiger partial charge in [0, 0.05) is 18.6 Å². The van der Waals surface area contributed by atoms with Gasteiger partial charge in [0.15, 0.2) is 15.8 Å². The van der Waals surface area contributed by atoms with E-state index in [2.05, 4.69) is 22.5 Å². The van der Waals surface area contributed by atoms with Gasteiger partial charge in [-0.15, -0.1) is 0 Å². The van der Waals surface area contributed by atoms with Crippen LogP contribution < -0.4 is 10.6 Å². The maximum Gasteiger partial charge on any atom is 0.191 e. The third kappa shape index (κ3) is 5.12. The minimum absolute atomic E-state index is 0.00494. The summed E-state index contributed by atoms with van der Waals surface area (Å²) >= 11 is 0. The molecule has 2 aliphatic rings.